The van der Waals surface area contributed by atoms with Gasteiger partial charge in [0.1, 0.15) is 5.75 Å². The van der Waals surface area contributed by atoms with Gasteiger partial charge < -0.3 is 4.74 Å². The van der Waals surface area contributed by atoms with Gasteiger partial charge in [-0.15, -0.1) is 11.3 Å². The van der Waals surface area contributed by atoms with E-state index < -0.39 is 0 Å². The molecule has 0 bridgehead atoms. The molecule has 3 rings (SSSR count). The van der Waals surface area contributed by atoms with Crippen molar-refractivity contribution in [3.05, 3.63) is 65.0 Å². The first-order valence-corrected chi connectivity index (χ1v) is 6.87. The van der Waals surface area contributed by atoms with Gasteiger partial charge >= 0.3 is 5.97 Å². The minimum atomic E-state index is -0.326. The van der Waals surface area contributed by atoms with Crippen LogP contribution in [0.2, 0.25) is 0 Å². The lowest BCUT2D eigenvalue weighted by Crippen LogP contribution is -2.07. The number of thiophene rings is 1. The van der Waals surface area contributed by atoms with Crippen molar-refractivity contribution < 1.29 is 9.53 Å². The molecule has 0 spiro atoms. The number of hydrogen-bond acceptors (Lipinski definition) is 3. The van der Waals surface area contributed by atoms with E-state index in [9.17, 15) is 4.79 Å². The standard InChI is InChI=1S/C16H12O2S/c1-11-10-19-15-8-7-13(9-14(11)15)18-16(17)12-5-3-2-4-6-12/h2-10H,1H3. The molecule has 0 amide bonds. The van der Waals surface area contributed by atoms with E-state index in [4.69, 9.17) is 4.74 Å². The number of esters is 1. The van der Waals surface area contributed by atoms with Crippen LogP contribution in [-0.4, -0.2) is 5.97 Å². The van der Waals surface area contributed by atoms with Crippen molar-refractivity contribution in [3.63, 3.8) is 0 Å². The molecular formula is C16H12O2S. The molecule has 0 fully saturated rings. The van der Waals surface area contributed by atoms with E-state index in [1.165, 1.54) is 10.3 Å². The van der Waals surface area contributed by atoms with Gasteiger partial charge in [-0.25, -0.2) is 4.79 Å². The molecule has 3 heteroatoms. The molecule has 19 heavy (non-hydrogen) atoms. The minimum absolute atomic E-state index is 0.326. The second-order valence-corrected chi connectivity index (χ2v) is 5.24. The Hall–Kier alpha value is -2.13. The summed E-state index contributed by atoms with van der Waals surface area (Å²) in [5, 5.41) is 3.25. The van der Waals surface area contributed by atoms with E-state index >= 15 is 0 Å². The minimum Gasteiger partial charge on any atom is -0.423 e. The fourth-order valence-electron chi connectivity index (χ4n) is 1.94. The molecule has 1 heterocycles. The molecule has 1 aromatic heterocycles. The smallest absolute Gasteiger partial charge is 0.343 e. The van der Waals surface area contributed by atoms with Crippen molar-refractivity contribution in [1.29, 1.82) is 0 Å². The van der Waals surface area contributed by atoms with Gasteiger partial charge in [0.05, 0.1) is 5.56 Å². The van der Waals surface area contributed by atoms with E-state index in [1.807, 2.05) is 36.4 Å². The molecule has 0 saturated heterocycles. The lowest BCUT2D eigenvalue weighted by Gasteiger charge is -2.04. The van der Waals surface area contributed by atoms with Gasteiger partial charge in [-0.3, -0.25) is 0 Å². The Morgan fingerprint density at radius 1 is 1.11 bits per heavy atom. The Morgan fingerprint density at radius 3 is 2.68 bits per heavy atom. The zero-order valence-corrected chi connectivity index (χ0v) is 11.2. The van der Waals surface area contributed by atoms with Crippen LogP contribution in [0.15, 0.2) is 53.9 Å². The van der Waals surface area contributed by atoms with E-state index in [0.717, 1.165) is 5.39 Å². The van der Waals surface area contributed by atoms with E-state index in [2.05, 4.69) is 12.3 Å². The summed E-state index contributed by atoms with van der Waals surface area (Å²) in [5.74, 6) is 0.260. The first-order chi connectivity index (χ1) is 9.24. The van der Waals surface area contributed by atoms with Gasteiger partial charge in [0.25, 0.3) is 0 Å². The van der Waals surface area contributed by atoms with Gasteiger partial charge in [-0.2, -0.15) is 0 Å². The number of carbonyl (C=O) groups excluding carboxylic acids is 1. The van der Waals surface area contributed by atoms with Gasteiger partial charge in [0, 0.05) is 4.70 Å². The van der Waals surface area contributed by atoms with Crippen molar-refractivity contribution >= 4 is 27.4 Å². The van der Waals surface area contributed by atoms with Crippen LogP contribution in [0.4, 0.5) is 0 Å². The van der Waals surface area contributed by atoms with Crippen LogP contribution in [0.3, 0.4) is 0 Å². The Labute approximate surface area is 115 Å². The Morgan fingerprint density at radius 2 is 1.89 bits per heavy atom. The van der Waals surface area contributed by atoms with E-state index in [1.54, 1.807) is 23.5 Å². The van der Waals surface area contributed by atoms with Crippen molar-refractivity contribution in [2.45, 2.75) is 6.92 Å². The van der Waals surface area contributed by atoms with Crippen LogP contribution in [0.25, 0.3) is 10.1 Å². The number of ether oxygens (including phenoxy) is 1. The topological polar surface area (TPSA) is 26.3 Å². The zero-order chi connectivity index (χ0) is 13.2. The summed E-state index contributed by atoms with van der Waals surface area (Å²) in [4.78, 5) is 12.0. The lowest BCUT2D eigenvalue weighted by atomic mass is 10.2. The van der Waals surface area contributed by atoms with Gasteiger partial charge in [0.2, 0.25) is 0 Å². The molecule has 2 nitrogen and oxygen atoms in total. The molecular weight excluding hydrogens is 256 g/mol. The summed E-state index contributed by atoms with van der Waals surface area (Å²) in [6, 6.07) is 14.7. The molecule has 0 N–H and O–H groups in total. The fraction of sp³-hybridized carbons (Fsp3) is 0.0625. The molecule has 0 atom stereocenters. The van der Waals surface area contributed by atoms with Crippen LogP contribution in [0.5, 0.6) is 5.75 Å². The summed E-state index contributed by atoms with van der Waals surface area (Å²) in [6.45, 7) is 2.06. The number of rotatable bonds is 2. The molecule has 0 aliphatic rings. The quantitative estimate of drug-likeness (QED) is 0.507. The number of carbonyl (C=O) groups is 1. The molecule has 0 unspecified atom stereocenters. The first kappa shape index (κ1) is 11.9. The zero-order valence-electron chi connectivity index (χ0n) is 10.4. The van der Waals surface area contributed by atoms with Crippen LogP contribution in [-0.2, 0) is 0 Å². The maximum absolute atomic E-state index is 12.0. The normalized spacial score (nSPS) is 10.6. The number of aryl methyl sites for hydroxylation is 1. The predicted octanol–water partition coefficient (Wildman–Crippen LogP) is 4.43. The molecule has 0 saturated carbocycles. The molecule has 0 aliphatic carbocycles. The summed E-state index contributed by atoms with van der Waals surface area (Å²) in [6.07, 6.45) is 0. The lowest BCUT2D eigenvalue weighted by molar-refractivity contribution is 0.0735. The van der Waals surface area contributed by atoms with Crippen LogP contribution >= 0.6 is 11.3 Å². The van der Waals surface area contributed by atoms with Crippen molar-refractivity contribution in [1.82, 2.24) is 0 Å². The highest BCUT2D eigenvalue weighted by Gasteiger charge is 2.09. The summed E-state index contributed by atoms with van der Waals surface area (Å²) >= 11 is 1.70. The molecule has 0 aliphatic heterocycles. The first-order valence-electron chi connectivity index (χ1n) is 5.99. The van der Waals surface area contributed by atoms with Gasteiger partial charge in [-0.05, 0) is 53.6 Å². The van der Waals surface area contributed by atoms with E-state index in [-0.39, 0.29) is 5.97 Å². The molecule has 3 aromatic rings. The third-order valence-electron chi connectivity index (χ3n) is 2.96. The SMILES string of the molecule is Cc1csc2ccc(OC(=O)c3ccccc3)cc12. The maximum Gasteiger partial charge on any atom is 0.343 e. The molecule has 94 valence electrons. The van der Waals surface area contributed by atoms with Crippen molar-refractivity contribution in [2.24, 2.45) is 0 Å². The summed E-state index contributed by atoms with van der Waals surface area (Å²) in [5.41, 5.74) is 1.77. The van der Waals surface area contributed by atoms with Gasteiger partial charge in [0.15, 0.2) is 0 Å². The van der Waals surface area contributed by atoms with Crippen molar-refractivity contribution in [3.8, 4) is 5.75 Å². The van der Waals surface area contributed by atoms with Crippen LogP contribution < -0.4 is 4.74 Å². The van der Waals surface area contributed by atoms with E-state index in [0.29, 0.717) is 11.3 Å². The Kier molecular flexibility index (Phi) is 3.05. The monoisotopic (exact) mass is 268 g/mol. The van der Waals surface area contributed by atoms with Crippen LogP contribution in [0.1, 0.15) is 15.9 Å². The van der Waals surface area contributed by atoms with Crippen LogP contribution in [0, 0.1) is 6.92 Å². The highest BCUT2D eigenvalue weighted by molar-refractivity contribution is 7.17. The summed E-state index contributed by atoms with van der Waals surface area (Å²) in [7, 11) is 0. The number of hydrogen-bond donors (Lipinski definition) is 0. The third-order valence-corrected chi connectivity index (χ3v) is 4.04. The number of fused-ring (bicyclic) bond motifs is 1. The van der Waals surface area contributed by atoms with Gasteiger partial charge in [-0.1, -0.05) is 18.2 Å². The van der Waals surface area contributed by atoms with Crippen molar-refractivity contribution in [2.75, 3.05) is 0 Å². The highest BCUT2D eigenvalue weighted by Crippen LogP contribution is 2.29. The highest BCUT2D eigenvalue weighted by atomic mass is 32.1. The predicted molar refractivity (Wildman–Crippen MR) is 78.0 cm³/mol. The second-order valence-electron chi connectivity index (χ2n) is 4.33. The number of benzene rings is 2. The molecule has 2 aromatic carbocycles. The Balaban J connectivity index is 1.89. The average Bonchev–Trinajstić information content (AvgIpc) is 2.81. The fourth-order valence-corrected chi connectivity index (χ4v) is 2.86. The third kappa shape index (κ3) is 2.37. The average molecular weight is 268 g/mol. The largest absolute Gasteiger partial charge is 0.423 e. The Bertz CT molecular complexity index is 729. The maximum atomic E-state index is 12.0. The molecule has 0 radical (unpaired) electrons. The summed E-state index contributed by atoms with van der Waals surface area (Å²) < 4.78 is 6.60. The second kappa shape index (κ2) is 4.86.